The first-order chi connectivity index (χ1) is 7.91. The Bertz CT molecular complexity index is 283. The minimum absolute atomic E-state index is 1.21. The number of carbonyl (C=O) groups is 4. The van der Waals surface area contributed by atoms with E-state index in [1.807, 2.05) is 0 Å². The lowest BCUT2D eigenvalue weighted by Gasteiger charge is -2.03. The van der Waals surface area contributed by atoms with Gasteiger partial charge in [-0.3, -0.25) is 0 Å². The predicted molar refractivity (Wildman–Crippen MR) is 38.5 cm³/mol. The molecule has 0 aromatic carbocycles. The van der Waals surface area contributed by atoms with Crippen molar-refractivity contribution in [1.29, 1.82) is 0 Å². The van der Waals surface area contributed by atoms with Crippen molar-refractivity contribution in [3.8, 4) is 0 Å². The summed E-state index contributed by atoms with van der Waals surface area (Å²) >= 11 is 0. The van der Waals surface area contributed by atoms with Gasteiger partial charge in [-0.2, -0.15) is 11.0 Å². The molecule has 0 heterocycles. The number of hydroxylamine groups is 2. The van der Waals surface area contributed by atoms with Crippen LogP contribution in [0.3, 0.4) is 0 Å². The third-order valence-electron chi connectivity index (χ3n) is 0.661. The second-order valence-corrected chi connectivity index (χ2v) is 1.75. The van der Waals surface area contributed by atoms with Gasteiger partial charge in [-0.25, -0.2) is 29.0 Å². The molecule has 4 N–H and O–H groups in total. The van der Waals surface area contributed by atoms with Crippen molar-refractivity contribution in [2.45, 2.75) is 0 Å². The van der Waals surface area contributed by atoms with Gasteiger partial charge >= 0.3 is 24.5 Å². The molecule has 0 bridgehead atoms. The van der Waals surface area contributed by atoms with E-state index in [0.717, 1.165) is 0 Å². The minimum atomic E-state index is -1.87. The molecule has 0 spiro atoms. The maximum atomic E-state index is 10.5. The molecule has 17 heavy (non-hydrogen) atoms. The number of hydrogen-bond donors (Lipinski definition) is 4. The lowest BCUT2D eigenvalue weighted by Crippen LogP contribution is -2.33. The fraction of sp³-hybridized carbons (Fsp3) is 0. The first kappa shape index (κ1) is 14.2. The van der Waals surface area contributed by atoms with Gasteiger partial charge in [0.05, 0.1) is 0 Å². The van der Waals surface area contributed by atoms with Crippen LogP contribution in [0.2, 0.25) is 0 Å². The van der Waals surface area contributed by atoms with E-state index in [2.05, 4.69) is 24.5 Å². The van der Waals surface area contributed by atoms with Gasteiger partial charge in [0, 0.05) is 0 Å². The summed E-state index contributed by atoms with van der Waals surface area (Å²) in [5.74, 6) is 0. The SMILES string of the molecule is O=C(O)OONC(=O)OC(=O)NOOC(=O)O. The number of hydrogen-bond acceptors (Lipinski definition) is 9. The van der Waals surface area contributed by atoms with Crippen molar-refractivity contribution in [1.82, 2.24) is 11.0 Å². The van der Waals surface area contributed by atoms with Crippen LogP contribution in [-0.4, -0.2) is 34.7 Å². The van der Waals surface area contributed by atoms with E-state index in [0.29, 0.717) is 0 Å². The standard InChI is InChI=1S/C4H4N2O11/c7-1(5-16-14-3(9)10)13-2(8)6-17-15-4(11)12/h(H,5,7)(H,6,8)(H,9,10)(H,11,12). The Morgan fingerprint density at radius 3 is 1.41 bits per heavy atom. The molecule has 0 aliphatic heterocycles. The van der Waals surface area contributed by atoms with Crippen molar-refractivity contribution in [3.63, 3.8) is 0 Å². The Morgan fingerprint density at radius 1 is 0.765 bits per heavy atom. The highest BCUT2D eigenvalue weighted by molar-refractivity contribution is 5.82. The molecule has 0 saturated carbocycles. The van der Waals surface area contributed by atoms with E-state index >= 15 is 0 Å². The number of carboxylic acid groups (broad SMARTS) is 2. The second-order valence-electron chi connectivity index (χ2n) is 1.75. The fourth-order valence-electron chi connectivity index (χ4n) is 0.307. The first-order valence-corrected chi connectivity index (χ1v) is 3.32. The molecule has 0 aliphatic carbocycles. The molecule has 0 aliphatic rings. The van der Waals surface area contributed by atoms with Crippen LogP contribution < -0.4 is 11.0 Å². The van der Waals surface area contributed by atoms with Crippen LogP contribution in [-0.2, 0) is 24.5 Å². The molecule has 0 atom stereocenters. The third kappa shape index (κ3) is 9.50. The molecule has 13 nitrogen and oxygen atoms in total. The Hall–Kier alpha value is -2.80. The average molecular weight is 256 g/mol. The van der Waals surface area contributed by atoms with Gasteiger partial charge in [-0.05, 0) is 0 Å². The van der Waals surface area contributed by atoms with Gasteiger partial charge in [0.1, 0.15) is 0 Å². The number of nitrogens with one attached hydrogen (secondary N) is 2. The summed E-state index contributed by atoms with van der Waals surface area (Å²) in [6, 6.07) is 0. The Labute approximate surface area is 90.5 Å². The van der Waals surface area contributed by atoms with Crippen LogP contribution in [0, 0.1) is 0 Å². The van der Waals surface area contributed by atoms with Crippen LogP contribution >= 0.6 is 0 Å². The van der Waals surface area contributed by atoms with E-state index in [4.69, 9.17) is 10.2 Å². The van der Waals surface area contributed by atoms with Crippen LogP contribution in [0.5, 0.6) is 0 Å². The summed E-state index contributed by atoms with van der Waals surface area (Å²) < 4.78 is 3.72. The van der Waals surface area contributed by atoms with E-state index in [1.54, 1.807) is 0 Å². The zero-order chi connectivity index (χ0) is 13.3. The van der Waals surface area contributed by atoms with Gasteiger partial charge in [-0.1, -0.05) is 9.98 Å². The number of ether oxygens (including phenoxy) is 1. The molecule has 0 saturated heterocycles. The van der Waals surface area contributed by atoms with Crippen LogP contribution in [0.25, 0.3) is 0 Å². The van der Waals surface area contributed by atoms with Crippen molar-refractivity contribution < 1.29 is 53.9 Å². The van der Waals surface area contributed by atoms with Crippen molar-refractivity contribution in [2.75, 3.05) is 0 Å². The molecule has 0 rings (SSSR count). The summed E-state index contributed by atoms with van der Waals surface area (Å²) in [7, 11) is 0. The Balaban J connectivity index is 3.62. The molecular weight excluding hydrogens is 252 g/mol. The quantitative estimate of drug-likeness (QED) is 0.289. The highest BCUT2D eigenvalue weighted by Gasteiger charge is 2.12. The monoisotopic (exact) mass is 256 g/mol. The molecule has 0 unspecified atom stereocenters. The Kier molecular flexibility index (Phi) is 6.25. The summed E-state index contributed by atoms with van der Waals surface area (Å²) in [5.41, 5.74) is 2.41. The smallest absolute Gasteiger partial charge is 0.448 e. The number of rotatable bonds is 4. The van der Waals surface area contributed by atoms with Crippen molar-refractivity contribution >= 4 is 24.5 Å². The van der Waals surface area contributed by atoms with Crippen molar-refractivity contribution in [2.24, 2.45) is 0 Å². The molecule has 96 valence electrons. The zero-order valence-electron chi connectivity index (χ0n) is 7.57. The van der Waals surface area contributed by atoms with E-state index < -0.39 is 24.5 Å². The summed E-state index contributed by atoms with van der Waals surface area (Å²) in [4.78, 5) is 54.2. The lowest BCUT2D eigenvalue weighted by molar-refractivity contribution is -0.289. The topological polar surface area (TPSA) is 179 Å². The first-order valence-electron chi connectivity index (χ1n) is 3.32. The maximum Gasteiger partial charge on any atom is 0.539 e. The van der Waals surface area contributed by atoms with Gasteiger partial charge in [0.15, 0.2) is 0 Å². The second kappa shape index (κ2) is 7.49. The van der Waals surface area contributed by atoms with Crippen LogP contribution in [0.1, 0.15) is 0 Å². The maximum absolute atomic E-state index is 10.5. The van der Waals surface area contributed by atoms with Gasteiger partial charge in [-0.15, -0.1) is 0 Å². The summed E-state index contributed by atoms with van der Waals surface area (Å²) in [6.45, 7) is 0. The molecule has 0 aromatic rings. The zero-order valence-corrected chi connectivity index (χ0v) is 7.57. The van der Waals surface area contributed by atoms with Crippen LogP contribution in [0.4, 0.5) is 19.2 Å². The van der Waals surface area contributed by atoms with Crippen molar-refractivity contribution in [3.05, 3.63) is 0 Å². The van der Waals surface area contributed by atoms with Crippen LogP contribution in [0.15, 0.2) is 0 Å². The number of amides is 2. The highest BCUT2D eigenvalue weighted by atomic mass is 17.3. The molecular formula is C4H4N2O11. The minimum Gasteiger partial charge on any atom is -0.448 e. The molecule has 2 amide bonds. The molecule has 0 aromatic heterocycles. The summed E-state index contributed by atoms with van der Waals surface area (Å²) in [5, 5.41) is 15.7. The molecule has 0 fully saturated rings. The lowest BCUT2D eigenvalue weighted by atomic mass is 11.1. The highest BCUT2D eigenvalue weighted by Crippen LogP contribution is 1.83. The molecule has 0 radical (unpaired) electrons. The Morgan fingerprint density at radius 2 is 1.12 bits per heavy atom. The van der Waals surface area contributed by atoms with E-state index in [9.17, 15) is 19.2 Å². The normalized spacial score (nSPS) is 8.71. The molecule has 13 heteroatoms. The largest absolute Gasteiger partial charge is 0.539 e. The van der Waals surface area contributed by atoms with Gasteiger partial charge in [0.25, 0.3) is 0 Å². The predicted octanol–water partition coefficient (Wildman–Crippen LogP) is -0.495. The van der Waals surface area contributed by atoms with Gasteiger partial charge < -0.3 is 14.9 Å². The average Bonchev–Trinajstić information content (AvgIpc) is 2.15. The fourth-order valence-corrected chi connectivity index (χ4v) is 0.307. The van der Waals surface area contributed by atoms with E-state index in [-0.39, 0.29) is 0 Å². The summed E-state index contributed by atoms with van der Waals surface area (Å²) in [6.07, 6.45) is -6.90. The van der Waals surface area contributed by atoms with E-state index in [1.165, 1.54) is 11.0 Å². The van der Waals surface area contributed by atoms with Gasteiger partial charge in [0.2, 0.25) is 0 Å². The third-order valence-corrected chi connectivity index (χ3v) is 0.661. The number of carbonyl (C=O) groups excluding carboxylic acids is 2.